The summed E-state index contributed by atoms with van der Waals surface area (Å²) in [6.07, 6.45) is 6.21. The average molecular weight is 434 g/mol. The summed E-state index contributed by atoms with van der Waals surface area (Å²) in [6, 6.07) is 19.9. The lowest BCUT2D eigenvalue weighted by molar-refractivity contribution is -0.116. The van der Waals surface area contributed by atoms with Gasteiger partial charge in [-0.25, -0.2) is 4.79 Å². The molecule has 0 unspecified atom stereocenters. The molecule has 0 aliphatic rings. The van der Waals surface area contributed by atoms with E-state index < -0.39 is 0 Å². The fourth-order valence-electron chi connectivity index (χ4n) is 3.30. The third-order valence-electron chi connectivity index (χ3n) is 5.09. The Hall–Kier alpha value is -3.54. The molecule has 3 aromatic rings. The summed E-state index contributed by atoms with van der Waals surface area (Å²) >= 11 is 0. The van der Waals surface area contributed by atoms with Crippen LogP contribution in [0.15, 0.2) is 66.7 Å². The summed E-state index contributed by atoms with van der Waals surface area (Å²) in [5.74, 6) is 0.865. The van der Waals surface area contributed by atoms with Gasteiger partial charge in [0.15, 0.2) is 0 Å². The topological polar surface area (TPSA) is 83.2 Å². The predicted molar refractivity (Wildman–Crippen MR) is 128 cm³/mol. The third-order valence-corrected chi connectivity index (χ3v) is 5.09. The van der Waals surface area contributed by atoms with E-state index in [2.05, 4.69) is 22.5 Å². The van der Waals surface area contributed by atoms with E-state index in [1.54, 1.807) is 36.4 Å². The molecule has 0 bridgehead atoms. The molecule has 1 amide bonds. The first kappa shape index (κ1) is 23.1. The molecule has 0 fully saturated rings. The number of unbranched alkanes of at least 4 members (excludes halogenated alkanes) is 4. The van der Waals surface area contributed by atoms with E-state index in [9.17, 15) is 9.59 Å². The Morgan fingerprint density at radius 2 is 1.62 bits per heavy atom. The molecule has 32 heavy (non-hydrogen) atoms. The van der Waals surface area contributed by atoms with Gasteiger partial charge in [0.2, 0.25) is 5.91 Å². The monoisotopic (exact) mass is 433 g/mol. The maximum Gasteiger partial charge on any atom is 0.343 e. The van der Waals surface area contributed by atoms with Crippen molar-refractivity contribution in [2.24, 2.45) is 0 Å². The SMILES string of the molecule is CCCCCCCC(=O)Nc1ccc(CNc2ccc(OC(=O)c3ccccc3)cc2)[nH]1. The highest BCUT2D eigenvalue weighted by Gasteiger charge is 2.08. The van der Waals surface area contributed by atoms with Gasteiger partial charge in [0, 0.05) is 17.8 Å². The quantitative estimate of drug-likeness (QED) is 0.182. The second kappa shape index (κ2) is 12.3. The Bertz CT molecular complexity index is 981. The standard InChI is InChI=1S/C26H31N3O3/c1-2-3-4-5-9-12-25(30)29-24-18-15-22(28-24)19-27-21-13-16-23(17-14-21)32-26(31)20-10-7-6-8-11-20/h6-8,10-11,13-18,27-28H,2-5,9,12,19H2,1H3,(H,29,30). The lowest BCUT2D eigenvalue weighted by Gasteiger charge is -2.08. The molecule has 2 aromatic carbocycles. The molecule has 3 N–H and O–H groups in total. The van der Waals surface area contributed by atoms with Gasteiger partial charge in [-0.1, -0.05) is 50.8 Å². The number of H-pyrrole nitrogens is 1. The van der Waals surface area contributed by atoms with Gasteiger partial charge in [0.05, 0.1) is 12.1 Å². The number of aromatic nitrogens is 1. The number of rotatable bonds is 12. The van der Waals surface area contributed by atoms with Crippen LogP contribution in [0.1, 0.15) is 61.5 Å². The van der Waals surface area contributed by atoms with Gasteiger partial charge in [-0.15, -0.1) is 0 Å². The fourth-order valence-corrected chi connectivity index (χ4v) is 3.30. The second-order valence-electron chi connectivity index (χ2n) is 7.74. The summed E-state index contributed by atoms with van der Waals surface area (Å²) < 4.78 is 5.39. The Labute approximate surface area is 189 Å². The normalized spacial score (nSPS) is 10.5. The van der Waals surface area contributed by atoms with E-state index >= 15 is 0 Å². The maximum absolute atomic E-state index is 12.1. The smallest absolute Gasteiger partial charge is 0.343 e. The van der Waals surface area contributed by atoms with Gasteiger partial charge in [-0.3, -0.25) is 4.79 Å². The Kier molecular flexibility index (Phi) is 8.92. The lowest BCUT2D eigenvalue weighted by atomic mass is 10.1. The minimum Gasteiger partial charge on any atom is -0.423 e. The number of hydrogen-bond acceptors (Lipinski definition) is 4. The first-order valence-electron chi connectivity index (χ1n) is 11.2. The van der Waals surface area contributed by atoms with E-state index in [0.29, 0.717) is 30.1 Å². The molecule has 0 saturated carbocycles. The fraction of sp³-hybridized carbons (Fsp3) is 0.308. The van der Waals surface area contributed by atoms with Crippen molar-refractivity contribution in [3.05, 3.63) is 78.0 Å². The molecule has 3 rings (SSSR count). The summed E-state index contributed by atoms with van der Waals surface area (Å²) in [5.41, 5.74) is 2.38. The first-order valence-corrected chi connectivity index (χ1v) is 11.2. The zero-order valence-electron chi connectivity index (χ0n) is 18.5. The molecule has 1 aromatic heterocycles. The van der Waals surface area contributed by atoms with Crippen LogP contribution in [0.25, 0.3) is 0 Å². The Balaban J connectivity index is 1.40. The second-order valence-corrected chi connectivity index (χ2v) is 7.74. The van der Waals surface area contributed by atoms with Crippen molar-refractivity contribution in [1.82, 2.24) is 4.98 Å². The number of aromatic amines is 1. The zero-order chi connectivity index (χ0) is 22.6. The molecule has 6 heteroatoms. The molecule has 1 heterocycles. The van der Waals surface area contributed by atoms with Crippen LogP contribution in [-0.4, -0.2) is 16.9 Å². The van der Waals surface area contributed by atoms with Crippen LogP contribution in [0.4, 0.5) is 11.5 Å². The number of hydrogen-bond donors (Lipinski definition) is 3. The summed E-state index contributed by atoms with van der Waals surface area (Å²) in [4.78, 5) is 27.4. The first-order chi connectivity index (χ1) is 15.6. The van der Waals surface area contributed by atoms with E-state index in [4.69, 9.17) is 4.74 Å². The van der Waals surface area contributed by atoms with Crippen molar-refractivity contribution in [1.29, 1.82) is 0 Å². The van der Waals surface area contributed by atoms with E-state index in [0.717, 1.165) is 24.2 Å². The molecular weight excluding hydrogens is 402 g/mol. The van der Waals surface area contributed by atoms with Crippen LogP contribution in [0.2, 0.25) is 0 Å². The number of ether oxygens (including phenoxy) is 1. The largest absolute Gasteiger partial charge is 0.423 e. The van der Waals surface area contributed by atoms with Gasteiger partial charge >= 0.3 is 5.97 Å². The number of benzene rings is 2. The number of nitrogens with one attached hydrogen (secondary N) is 3. The molecule has 0 aliphatic heterocycles. The Morgan fingerprint density at radius 1 is 0.875 bits per heavy atom. The van der Waals surface area contributed by atoms with Crippen LogP contribution in [0.5, 0.6) is 5.75 Å². The minimum atomic E-state index is -0.381. The molecule has 0 radical (unpaired) electrons. The van der Waals surface area contributed by atoms with Crippen molar-refractivity contribution in [2.75, 3.05) is 10.6 Å². The highest BCUT2D eigenvalue weighted by atomic mass is 16.5. The predicted octanol–water partition coefficient (Wildman–Crippen LogP) is 6.15. The maximum atomic E-state index is 12.1. The number of carbonyl (C=O) groups is 2. The van der Waals surface area contributed by atoms with Gasteiger partial charge < -0.3 is 20.4 Å². The molecule has 168 valence electrons. The van der Waals surface area contributed by atoms with Gasteiger partial charge in [-0.05, 0) is 55.0 Å². The number of amides is 1. The van der Waals surface area contributed by atoms with Crippen molar-refractivity contribution < 1.29 is 14.3 Å². The highest BCUT2D eigenvalue weighted by Crippen LogP contribution is 2.18. The average Bonchev–Trinajstić information content (AvgIpc) is 3.26. The highest BCUT2D eigenvalue weighted by molar-refractivity contribution is 5.91. The van der Waals surface area contributed by atoms with Gasteiger partial charge in [0.1, 0.15) is 11.6 Å². The molecular formula is C26H31N3O3. The lowest BCUT2D eigenvalue weighted by Crippen LogP contribution is -2.11. The van der Waals surface area contributed by atoms with Crippen molar-refractivity contribution in [3.8, 4) is 5.75 Å². The van der Waals surface area contributed by atoms with Crippen LogP contribution in [0, 0.1) is 0 Å². The van der Waals surface area contributed by atoms with Crippen LogP contribution in [-0.2, 0) is 11.3 Å². The summed E-state index contributed by atoms with van der Waals surface area (Å²) in [5, 5.41) is 6.23. The molecule has 6 nitrogen and oxygen atoms in total. The van der Waals surface area contributed by atoms with Crippen molar-refractivity contribution in [3.63, 3.8) is 0 Å². The molecule has 0 atom stereocenters. The summed E-state index contributed by atoms with van der Waals surface area (Å²) in [7, 11) is 0. The van der Waals surface area contributed by atoms with Crippen molar-refractivity contribution in [2.45, 2.75) is 52.0 Å². The van der Waals surface area contributed by atoms with E-state index in [1.807, 2.05) is 30.3 Å². The summed E-state index contributed by atoms with van der Waals surface area (Å²) in [6.45, 7) is 2.76. The molecule has 0 saturated heterocycles. The van der Waals surface area contributed by atoms with E-state index in [1.165, 1.54) is 19.3 Å². The molecule has 0 spiro atoms. The molecule has 0 aliphatic carbocycles. The van der Waals surface area contributed by atoms with Crippen LogP contribution >= 0.6 is 0 Å². The number of anilines is 2. The Morgan fingerprint density at radius 3 is 2.38 bits per heavy atom. The zero-order valence-corrected chi connectivity index (χ0v) is 18.5. The van der Waals surface area contributed by atoms with E-state index in [-0.39, 0.29) is 11.9 Å². The van der Waals surface area contributed by atoms with Crippen LogP contribution in [0.3, 0.4) is 0 Å². The minimum absolute atomic E-state index is 0.0449. The van der Waals surface area contributed by atoms with Gasteiger partial charge in [0.25, 0.3) is 0 Å². The number of esters is 1. The van der Waals surface area contributed by atoms with Crippen LogP contribution < -0.4 is 15.4 Å². The third kappa shape index (κ3) is 7.61. The van der Waals surface area contributed by atoms with Gasteiger partial charge in [-0.2, -0.15) is 0 Å². The number of carbonyl (C=O) groups excluding carboxylic acids is 2. The van der Waals surface area contributed by atoms with Crippen molar-refractivity contribution >= 4 is 23.4 Å².